The molecule has 0 spiro atoms. The Kier molecular flexibility index (Phi) is 7.01. The van der Waals surface area contributed by atoms with Crippen LogP contribution in [-0.2, 0) is 6.54 Å². The molecule has 2 aromatic carbocycles. The number of fused-ring (bicyclic) bond motifs is 1. The Morgan fingerprint density at radius 1 is 1.16 bits per heavy atom. The number of anilines is 1. The average Bonchev–Trinajstić information content (AvgIpc) is 3.20. The van der Waals surface area contributed by atoms with Crippen LogP contribution in [0.3, 0.4) is 0 Å². The van der Waals surface area contributed by atoms with E-state index in [1.54, 1.807) is 28.6 Å². The van der Waals surface area contributed by atoms with E-state index < -0.39 is 0 Å². The van der Waals surface area contributed by atoms with Gasteiger partial charge >= 0.3 is 0 Å². The summed E-state index contributed by atoms with van der Waals surface area (Å²) in [6.07, 6.45) is 1.01. The van der Waals surface area contributed by atoms with E-state index in [1.165, 1.54) is 0 Å². The standard InChI is InChI=1S/C22H22BrN7OS/c1-3-12-32-22-24-20(28-26-14(2)17-6-4-5-7-18(17)31)19-21(25-22)30(29-27-19)13-15-8-10-16(23)11-9-15/h4-11,31H,3,12-13H2,1-2H3,(H,24,25,28)/b26-14+. The van der Waals surface area contributed by atoms with E-state index in [1.807, 2.05) is 43.3 Å². The first-order valence-corrected chi connectivity index (χ1v) is 11.9. The number of hydrazone groups is 1. The van der Waals surface area contributed by atoms with Crippen molar-refractivity contribution in [3.63, 3.8) is 0 Å². The summed E-state index contributed by atoms with van der Waals surface area (Å²) < 4.78 is 2.79. The van der Waals surface area contributed by atoms with E-state index in [0.29, 0.717) is 40.0 Å². The summed E-state index contributed by atoms with van der Waals surface area (Å²) in [5.74, 6) is 1.55. The van der Waals surface area contributed by atoms with Crippen molar-refractivity contribution in [3.8, 4) is 5.75 Å². The van der Waals surface area contributed by atoms with E-state index in [-0.39, 0.29) is 5.75 Å². The lowest BCUT2D eigenvalue weighted by Gasteiger charge is -2.08. The van der Waals surface area contributed by atoms with Crippen LogP contribution in [0, 0.1) is 0 Å². The first kappa shape index (κ1) is 22.2. The minimum Gasteiger partial charge on any atom is -0.507 e. The zero-order valence-electron chi connectivity index (χ0n) is 17.7. The highest BCUT2D eigenvalue weighted by Crippen LogP contribution is 2.24. The number of benzene rings is 2. The van der Waals surface area contributed by atoms with E-state index in [9.17, 15) is 5.11 Å². The van der Waals surface area contributed by atoms with Crippen LogP contribution in [0.15, 0.2) is 63.3 Å². The number of aromatic nitrogens is 5. The predicted octanol–water partition coefficient (Wildman–Crippen LogP) is 5.08. The molecule has 0 saturated heterocycles. The van der Waals surface area contributed by atoms with Crippen molar-refractivity contribution in [3.05, 3.63) is 64.1 Å². The van der Waals surface area contributed by atoms with Gasteiger partial charge in [-0.3, -0.25) is 5.43 Å². The molecule has 0 fully saturated rings. The fourth-order valence-electron chi connectivity index (χ4n) is 3.02. The molecule has 4 aromatic rings. The van der Waals surface area contributed by atoms with Crippen molar-refractivity contribution in [2.24, 2.45) is 5.10 Å². The van der Waals surface area contributed by atoms with Gasteiger partial charge in [0, 0.05) is 15.8 Å². The van der Waals surface area contributed by atoms with Crippen molar-refractivity contribution in [1.82, 2.24) is 25.0 Å². The number of hydrogen-bond acceptors (Lipinski definition) is 8. The number of phenols is 1. The van der Waals surface area contributed by atoms with Crippen LogP contribution in [0.2, 0.25) is 0 Å². The second-order valence-electron chi connectivity index (χ2n) is 7.08. The maximum absolute atomic E-state index is 10.1. The Balaban J connectivity index is 1.69. The minimum absolute atomic E-state index is 0.169. The van der Waals surface area contributed by atoms with Gasteiger partial charge in [-0.1, -0.05) is 64.1 Å². The predicted molar refractivity (Wildman–Crippen MR) is 131 cm³/mol. The number of hydrogen-bond donors (Lipinski definition) is 2. The van der Waals surface area contributed by atoms with Crippen LogP contribution in [0.5, 0.6) is 5.75 Å². The molecule has 10 heteroatoms. The number of nitrogens with one attached hydrogen (secondary N) is 1. The minimum atomic E-state index is 0.169. The number of nitrogens with zero attached hydrogens (tertiary/aromatic N) is 6. The molecule has 32 heavy (non-hydrogen) atoms. The highest BCUT2D eigenvalue weighted by atomic mass is 79.9. The lowest BCUT2D eigenvalue weighted by atomic mass is 10.1. The summed E-state index contributed by atoms with van der Waals surface area (Å²) in [7, 11) is 0. The van der Waals surface area contributed by atoms with Crippen molar-refractivity contribution in [2.45, 2.75) is 32.0 Å². The second kappa shape index (κ2) is 10.1. The normalized spacial score (nSPS) is 11.8. The summed E-state index contributed by atoms with van der Waals surface area (Å²) in [5, 5.41) is 23.8. The largest absolute Gasteiger partial charge is 0.507 e. The summed E-state index contributed by atoms with van der Waals surface area (Å²) in [4.78, 5) is 9.31. The van der Waals surface area contributed by atoms with E-state index in [0.717, 1.165) is 22.2 Å². The summed E-state index contributed by atoms with van der Waals surface area (Å²) in [6, 6.07) is 15.1. The van der Waals surface area contributed by atoms with Gasteiger partial charge in [0.25, 0.3) is 0 Å². The lowest BCUT2D eigenvalue weighted by Crippen LogP contribution is -2.05. The monoisotopic (exact) mass is 511 g/mol. The number of halogens is 1. The van der Waals surface area contributed by atoms with Crippen LogP contribution >= 0.6 is 27.7 Å². The molecular weight excluding hydrogens is 490 g/mol. The molecule has 0 aliphatic heterocycles. The molecule has 2 N–H and O–H groups in total. The zero-order chi connectivity index (χ0) is 22.5. The van der Waals surface area contributed by atoms with Gasteiger partial charge in [-0.2, -0.15) is 5.10 Å². The highest BCUT2D eigenvalue weighted by molar-refractivity contribution is 9.10. The topological polar surface area (TPSA) is 101 Å². The third-order valence-electron chi connectivity index (χ3n) is 4.65. The Bertz CT molecular complexity index is 1260. The summed E-state index contributed by atoms with van der Waals surface area (Å²) in [6.45, 7) is 4.47. The SMILES string of the molecule is CCCSc1nc(N/N=C(\C)c2ccccc2O)c2nnn(Cc3ccc(Br)cc3)c2n1. The Hall–Kier alpha value is -2.98. The molecule has 0 aliphatic rings. The second-order valence-corrected chi connectivity index (χ2v) is 9.05. The lowest BCUT2D eigenvalue weighted by molar-refractivity contribution is 0.474. The molecule has 2 heterocycles. The molecule has 0 amide bonds. The number of thioether (sulfide) groups is 1. The van der Waals surface area contributed by atoms with Gasteiger partial charge in [-0.25, -0.2) is 14.6 Å². The number of phenolic OH excluding ortho intramolecular Hbond substituents is 1. The van der Waals surface area contributed by atoms with Gasteiger partial charge in [0.05, 0.1) is 12.3 Å². The van der Waals surface area contributed by atoms with Crippen molar-refractivity contribution >= 4 is 50.4 Å². The zero-order valence-corrected chi connectivity index (χ0v) is 20.1. The average molecular weight is 512 g/mol. The molecule has 0 unspecified atom stereocenters. The van der Waals surface area contributed by atoms with Gasteiger partial charge in [-0.05, 0) is 43.2 Å². The molecule has 2 aromatic heterocycles. The molecule has 8 nitrogen and oxygen atoms in total. The molecule has 0 saturated carbocycles. The molecular formula is C22H22BrN7OS. The van der Waals surface area contributed by atoms with Crippen molar-refractivity contribution in [2.75, 3.05) is 11.2 Å². The van der Waals surface area contributed by atoms with Crippen LogP contribution < -0.4 is 5.43 Å². The third-order valence-corrected chi connectivity index (χ3v) is 6.23. The van der Waals surface area contributed by atoms with Gasteiger partial charge in [0.2, 0.25) is 0 Å². The molecule has 0 atom stereocenters. The van der Waals surface area contributed by atoms with Gasteiger partial charge in [-0.15, -0.1) is 5.10 Å². The fraction of sp³-hybridized carbons (Fsp3) is 0.227. The van der Waals surface area contributed by atoms with Gasteiger partial charge in [0.1, 0.15) is 5.75 Å². The first-order chi connectivity index (χ1) is 15.5. The van der Waals surface area contributed by atoms with E-state index in [4.69, 9.17) is 4.98 Å². The van der Waals surface area contributed by atoms with Gasteiger partial charge < -0.3 is 5.11 Å². The molecule has 164 valence electrons. The van der Waals surface area contributed by atoms with Crippen molar-refractivity contribution < 1.29 is 5.11 Å². The maximum Gasteiger partial charge on any atom is 0.191 e. The fourth-order valence-corrected chi connectivity index (χ4v) is 3.98. The Labute approximate surface area is 198 Å². The van der Waals surface area contributed by atoms with Crippen LogP contribution in [0.1, 0.15) is 31.4 Å². The molecule has 0 bridgehead atoms. The van der Waals surface area contributed by atoms with Gasteiger partial charge in [0.15, 0.2) is 22.1 Å². The quantitative estimate of drug-likeness (QED) is 0.147. The molecule has 0 aliphatic carbocycles. The molecule has 4 rings (SSSR count). The van der Waals surface area contributed by atoms with Crippen LogP contribution in [0.4, 0.5) is 5.82 Å². The first-order valence-electron chi connectivity index (χ1n) is 10.1. The number of aromatic hydroxyl groups is 1. The third kappa shape index (κ3) is 5.08. The number of para-hydroxylation sites is 1. The van der Waals surface area contributed by atoms with Crippen LogP contribution in [-0.4, -0.2) is 41.5 Å². The van der Waals surface area contributed by atoms with Crippen LogP contribution in [0.25, 0.3) is 11.2 Å². The van der Waals surface area contributed by atoms with Crippen molar-refractivity contribution in [1.29, 1.82) is 0 Å². The maximum atomic E-state index is 10.1. The Morgan fingerprint density at radius 2 is 1.94 bits per heavy atom. The Morgan fingerprint density at radius 3 is 2.69 bits per heavy atom. The smallest absolute Gasteiger partial charge is 0.191 e. The summed E-state index contributed by atoms with van der Waals surface area (Å²) >= 11 is 5.04. The van der Waals surface area contributed by atoms with E-state index >= 15 is 0 Å². The summed E-state index contributed by atoms with van der Waals surface area (Å²) in [5.41, 5.74) is 6.54. The number of rotatable bonds is 8. The molecule has 0 radical (unpaired) electrons. The highest BCUT2D eigenvalue weighted by Gasteiger charge is 2.16. The van der Waals surface area contributed by atoms with E-state index in [2.05, 4.69) is 48.7 Å².